The molecule has 0 bridgehead atoms. The number of para-hydroxylation sites is 1. The van der Waals surface area contributed by atoms with Crippen molar-refractivity contribution in [1.82, 2.24) is 15.2 Å². The zero-order chi connectivity index (χ0) is 25.4. The van der Waals surface area contributed by atoms with Crippen LogP contribution in [0.25, 0.3) is 10.9 Å². The largest absolute Gasteiger partial charge is 0.358 e. The zero-order valence-electron chi connectivity index (χ0n) is 20.7. The first-order chi connectivity index (χ1) is 17.4. The summed E-state index contributed by atoms with van der Waals surface area (Å²) in [6, 6.07) is 20.7. The van der Waals surface area contributed by atoms with E-state index in [1.165, 1.54) is 12.1 Å². The molecule has 0 saturated carbocycles. The van der Waals surface area contributed by atoms with E-state index in [-0.39, 0.29) is 36.1 Å². The molecule has 1 aliphatic heterocycles. The average Bonchev–Trinajstić information content (AvgIpc) is 3.36. The quantitative estimate of drug-likeness (QED) is 0.344. The molecule has 2 amide bonds. The minimum absolute atomic E-state index is 0.0792. The third-order valence-electron chi connectivity index (χ3n) is 7.35. The summed E-state index contributed by atoms with van der Waals surface area (Å²) in [7, 11) is 0. The fourth-order valence-corrected chi connectivity index (χ4v) is 5.35. The van der Waals surface area contributed by atoms with E-state index in [4.69, 9.17) is 0 Å². The number of carbonyl (C=O) groups is 2. The number of nitrogens with zero attached hydrogens (tertiary/aromatic N) is 1. The maximum Gasteiger partial charge on any atom is 0.255 e. The fraction of sp³-hybridized carbons (Fsp3) is 0.267. The second-order valence-corrected chi connectivity index (χ2v) is 9.59. The van der Waals surface area contributed by atoms with E-state index in [0.717, 1.165) is 39.7 Å². The summed E-state index contributed by atoms with van der Waals surface area (Å²) >= 11 is 0. The van der Waals surface area contributed by atoms with E-state index in [1.807, 2.05) is 63.2 Å². The minimum atomic E-state index is -0.673. The molecule has 0 radical (unpaired) electrons. The van der Waals surface area contributed by atoms with Gasteiger partial charge in [-0.05, 0) is 48.2 Å². The number of amides is 2. The molecule has 0 saturated heterocycles. The van der Waals surface area contributed by atoms with Crippen molar-refractivity contribution < 1.29 is 14.0 Å². The second-order valence-electron chi connectivity index (χ2n) is 9.59. The maximum atomic E-state index is 13.9. The van der Waals surface area contributed by atoms with Gasteiger partial charge in [0, 0.05) is 34.3 Å². The van der Waals surface area contributed by atoms with Crippen LogP contribution in [-0.4, -0.2) is 27.7 Å². The molecule has 6 heteroatoms. The fourth-order valence-electron chi connectivity index (χ4n) is 5.35. The van der Waals surface area contributed by atoms with E-state index in [1.54, 1.807) is 17.0 Å². The summed E-state index contributed by atoms with van der Waals surface area (Å²) in [5.74, 6) is -0.746. The standard InChI is InChI=1S/C30H30FN3O2/c1-4-18(2)27(29(35)32-17-20-13-15-21(31)16-14-20)34-28(22-9-5-6-10-23(22)30(34)36)26-19(3)33-25-12-8-7-11-24(25)26/h5-16,18,27-28,33H,4,17H2,1-3H3,(H,32,35). The molecule has 36 heavy (non-hydrogen) atoms. The average molecular weight is 484 g/mol. The van der Waals surface area contributed by atoms with Gasteiger partial charge >= 0.3 is 0 Å². The Labute approximate surface area is 210 Å². The Kier molecular flexibility index (Phi) is 6.35. The number of fused-ring (bicyclic) bond motifs is 2. The summed E-state index contributed by atoms with van der Waals surface area (Å²) < 4.78 is 13.3. The molecule has 1 aliphatic rings. The molecule has 2 heterocycles. The number of hydrogen-bond donors (Lipinski definition) is 2. The van der Waals surface area contributed by atoms with Gasteiger partial charge in [0.25, 0.3) is 5.91 Å². The molecule has 3 unspecified atom stereocenters. The Morgan fingerprint density at radius 2 is 1.75 bits per heavy atom. The van der Waals surface area contributed by atoms with Crippen LogP contribution in [0, 0.1) is 18.7 Å². The van der Waals surface area contributed by atoms with Gasteiger partial charge < -0.3 is 15.2 Å². The number of hydrogen-bond acceptors (Lipinski definition) is 2. The number of benzene rings is 3. The molecule has 3 atom stereocenters. The summed E-state index contributed by atoms with van der Waals surface area (Å²) in [6.45, 7) is 6.33. The van der Waals surface area contributed by atoms with Crippen molar-refractivity contribution in [2.45, 2.75) is 45.8 Å². The molecule has 0 spiro atoms. The second kappa shape index (κ2) is 9.61. The van der Waals surface area contributed by atoms with Crippen molar-refractivity contribution in [2.24, 2.45) is 5.92 Å². The van der Waals surface area contributed by atoms with Crippen molar-refractivity contribution in [1.29, 1.82) is 0 Å². The van der Waals surface area contributed by atoms with E-state index in [0.29, 0.717) is 5.56 Å². The molecular weight excluding hydrogens is 453 g/mol. The van der Waals surface area contributed by atoms with E-state index >= 15 is 0 Å². The first kappa shape index (κ1) is 23.8. The smallest absolute Gasteiger partial charge is 0.255 e. The van der Waals surface area contributed by atoms with Gasteiger partial charge in [-0.3, -0.25) is 9.59 Å². The predicted octanol–water partition coefficient (Wildman–Crippen LogP) is 5.89. The minimum Gasteiger partial charge on any atom is -0.358 e. The lowest BCUT2D eigenvalue weighted by molar-refractivity contribution is -0.128. The van der Waals surface area contributed by atoms with Crippen LogP contribution in [0.3, 0.4) is 0 Å². The molecule has 0 fully saturated rings. The number of halogens is 1. The number of carbonyl (C=O) groups excluding carboxylic acids is 2. The number of rotatable bonds is 7. The lowest BCUT2D eigenvalue weighted by Crippen LogP contribution is -2.51. The highest BCUT2D eigenvalue weighted by atomic mass is 19.1. The van der Waals surface area contributed by atoms with Crippen molar-refractivity contribution >= 4 is 22.7 Å². The molecule has 5 nitrogen and oxygen atoms in total. The van der Waals surface area contributed by atoms with Crippen molar-refractivity contribution in [3.05, 3.63) is 107 Å². The molecule has 3 aromatic carbocycles. The van der Waals surface area contributed by atoms with Crippen molar-refractivity contribution in [3.63, 3.8) is 0 Å². The van der Waals surface area contributed by atoms with Crippen LogP contribution >= 0.6 is 0 Å². The van der Waals surface area contributed by atoms with Crippen molar-refractivity contribution in [2.75, 3.05) is 0 Å². The SMILES string of the molecule is CCC(C)C(C(=O)NCc1ccc(F)cc1)N1C(=O)c2ccccc2C1c1c(C)[nH]c2ccccc12. The Morgan fingerprint density at radius 1 is 1.06 bits per heavy atom. The number of aromatic nitrogens is 1. The van der Waals surface area contributed by atoms with E-state index in [9.17, 15) is 14.0 Å². The van der Waals surface area contributed by atoms with Gasteiger partial charge in [-0.25, -0.2) is 4.39 Å². The van der Waals surface area contributed by atoms with Crippen LogP contribution in [0.5, 0.6) is 0 Å². The monoisotopic (exact) mass is 483 g/mol. The van der Waals surface area contributed by atoms with Crippen LogP contribution in [-0.2, 0) is 11.3 Å². The molecule has 4 aromatic rings. The van der Waals surface area contributed by atoms with Gasteiger partial charge in [-0.2, -0.15) is 0 Å². The third kappa shape index (κ3) is 4.06. The van der Waals surface area contributed by atoms with Crippen LogP contribution in [0.1, 0.15) is 59.1 Å². The summed E-state index contributed by atoms with van der Waals surface area (Å²) in [4.78, 5) is 32.9. The molecular formula is C30H30FN3O2. The van der Waals surface area contributed by atoms with Gasteiger partial charge in [0.05, 0.1) is 6.04 Å². The lowest BCUT2D eigenvalue weighted by atomic mass is 9.91. The first-order valence-corrected chi connectivity index (χ1v) is 12.4. The van der Waals surface area contributed by atoms with Gasteiger partial charge in [0.15, 0.2) is 0 Å². The number of nitrogens with one attached hydrogen (secondary N) is 2. The normalized spacial score (nSPS) is 16.7. The first-order valence-electron chi connectivity index (χ1n) is 12.4. The number of aromatic amines is 1. The summed E-state index contributed by atoms with van der Waals surface area (Å²) in [5, 5.41) is 4.06. The van der Waals surface area contributed by atoms with Crippen LogP contribution in [0.4, 0.5) is 4.39 Å². The van der Waals surface area contributed by atoms with Gasteiger partial charge in [-0.15, -0.1) is 0 Å². The Morgan fingerprint density at radius 3 is 2.50 bits per heavy atom. The molecule has 184 valence electrons. The molecule has 1 aromatic heterocycles. The van der Waals surface area contributed by atoms with Gasteiger partial charge in [0.1, 0.15) is 11.9 Å². The van der Waals surface area contributed by atoms with E-state index < -0.39 is 6.04 Å². The summed E-state index contributed by atoms with van der Waals surface area (Å²) in [5.41, 5.74) is 5.34. The van der Waals surface area contributed by atoms with E-state index in [2.05, 4.69) is 16.4 Å². The number of aryl methyl sites for hydroxylation is 1. The van der Waals surface area contributed by atoms with Crippen molar-refractivity contribution in [3.8, 4) is 0 Å². The number of H-pyrrole nitrogens is 1. The Bertz CT molecular complexity index is 1430. The highest BCUT2D eigenvalue weighted by Gasteiger charge is 2.46. The Hall–Kier alpha value is -3.93. The Balaban J connectivity index is 1.58. The molecule has 5 rings (SSSR count). The third-order valence-corrected chi connectivity index (χ3v) is 7.35. The molecule has 2 N–H and O–H groups in total. The van der Waals surface area contributed by atoms with Gasteiger partial charge in [-0.1, -0.05) is 68.8 Å². The highest BCUT2D eigenvalue weighted by molar-refractivity contribution is 6.03. The lowest BCUT2D eigenvalue weighted by Gasteiger charge is -2.36. The maximum absolute atomic E-state index is 13.9. The van der Waals surface area contributed by atoms with Crippen LogP contribution in [0.2, 0.25) is 0 Å². The molecule has 0 aliphatic carbocycles. The summed E-state index contributed by atoms with van der Waals surface area (Å²) in [6.07, 6.45) is 0.731. The highest BCUT2D eigenvalue weighted by Crippen LogP contribution is 2.44. The topological polar surface area (TPSA) is 65.2 Å². The van der Waals surface area contributed by atoms with Gasteiger partial charge in [0.2, 0.25) is 5.91 Å². The predicted molar refractivity (Wildman–Crippen MR) is 139 cm³/mol. The zero-order valence-corrected chi connectivity index (χ0v) is 20.7. The van der Waals surface area contributed by atoms with Crippen LogP contribution in [0.15, 0.2) is 72.8 Å². The van der Waals surface area contributed by atoms with Crippen LogP contribution < -0.4 is 5.32 Å².